The van der Waals surface area contributed by atoms with E-state index in [4.69, 9.17) is 8.37 Å². The third-order valence-electron chi connectivity index (χ3n) is 5.42. The maximum atomic E-state index is 11.8. The molecule has 0 radical (unpaired) electrons. The Morgan fingerprint density at radius 3 is 1.34 bits per heavy atom. The minimum atomic E-state index is -3.67. The molecule has 1 aliphatic heterocycles. The van der Waals surface area contributed by atoms with Crippen molar-refractivity contribution in [2.24, 2.45) is 0 Å². The lowest BCUT2D eigenvalue weighted by Crippen LogP contribution is -2.62. The van der Waals surface area contributed by atoms with Crippen molar-refractivity contribution in [1.82, 2.24) is 9.80 Å². The van der Waals surface area contributed by atoms with E-state index in [2.05, 4.69) is 9.80 Å². The summed E-state index contributed by atoms with van der Waals surface area (Å²) in [7, 11) is -7.33. The summed E-state index contributed by atoms with van der Waals surface area (Å²) in [6.07, 6.45) is 2.03. The second-order valence-electron chi connectivity index (χ2n) is 8.02. The Morgan fingerprint density at radius 1 is 0.688 bits per heavy atom. The predicted molar refractivity (Wildman–Crippen MR) is 123 cm³/mol. The van der Waals surface area contributed by atoms with E-state index in [0.717, 1.165) is 23.6 Å². The van der Waals surface area contributed by atoms with Crippen molar-refractivity contribution in [3.63, 3.8) is 0 Å². The Bertz CT molecular complexity index is 975. The van der Waals surface area contributed by atoms with Gasteiger partial charge in [0.15, 0.2) is 0 Å². The largest absolute Gasteiger partial charge is 0.291 e. The van der Waals surface area contributed by atoms with Crippen LogP contribution in [0, 0.1) is 0 Å². The van der Waals surface area contributed by atoms with Crippen LogP contribution in [-0.4, -0.2) is 77.5 Å². The fraction of sp³-hybridized carbons (Fsp3) is 0.455. The molecule has 3 rings (SSSR count). The number of hydrogen-bond acceptors (Lipinski definition) is 8. The van der Waals surface area contributed by atoms with Crippen LogP contribution < -0.4 is 0 Å². The molecule has 176 valence electrons. The SMILES string of the molecule is CS(=O)(=O)OC[C@@H]1[C@H](COS(C)(=O)=O)N(Cc2ccccc2)CCN1Cc1ccccc1. The lowest BCUT2D eigenvalue weighted by molar-refractivity contribution is -0.0267. The van der Waals surface area contributed by atoms with Crippen molar-refractivity contribution < 1.29 is 25.2 Å². The Hall–Kier alpha value is -1.82. The molecular weight excluding hydrogens is 452 g/mol. The Kier molecular flexibility index (Phi) is 8.43. The van der Waals surface area contributed by atoms with Crippen LogP contribution in [0.5, 0.6) is 0 Å². The highest BCUT2D eigenvalue weighted by Gasteiger charge is 2.38. The van der Waals surface area contributed by atoms with Crippen molar-refractivity contribution in [3.8, 4) is 0 Å². The molecule has 1 saturated heterocycles. The summed E-state index contributed by atoms with van der Waals surface area (Å²) in [5, 5.41) is 0. The fourth-order valence-corrected chi connectivity index (χ4v) is 4.70. The summed E-state index contributed by atoms with van der Waals surface area (Å²) in [5.74, 6) is 0. The smallest absolute Gasteiger partial charge is 0.264 e. The normalized spacial score (nSPS) is 20.9. The van der Waals surface area contributed by atoms with Gasteiger partial charge in [-0.1, -0.05) is 60.7 Å². The molecule has 0 amide bonds. The van der Waals surface area contributed by atoms with Crippen LogP contribution in [0.1, 0.15) is 11.1 Å². The second kappa shape index (κ2) is 10.9. The zero-order valence-electron chi connectivity index (χ0n) is 18.3. The van der Waals surface area contributed by atoms with E-state index in [0.29, 0.717) is 26.2 Å². The Balaban J connectivity index is 1.88. The maximum Gasteiger partial charge on any atom is 0.264 e. The van der Waals surface area contributed by atoms with Gasteiger partial charge < -0.3 is 0 Å². The molecule has 32 heavy (non-hydrogen) atoms. The molecule has 0 spiro atoms. The van der Waals surface area contributed by atoms with Gasteiger partial charge in [0.25, 0.3) is 20.2 Å². The zero-order chi connectivity index (χ0) is 23.2. The van der Waals surface area contributed by atoms with E-state index in [-0.39, 0.29) is 25.3 Å². The molecule has 2 aromatic rings. The fourth-order valence-electron chi connectivity index (χ4n) is 3.92. The molecule has 2 aromatic carbocycles. The van der Waals surface area contributed by atoms with Gasteiger partial charge in [0, 0.05) is 26.2 Å². The molecule has 0 unspecified atom stereocenters. The van der Waals surface area contributed by atoms with Crippen LogP contribution in [0.2, 0.25) is 0 Å². The van der Waals surface area contributed by atoms with Crippen LogP contribution >= 0.6 is 0 Å². The van der Waals surface area contributed by atoms with Gasteiger partial charge in [0.05, 0.1) is 37.8 Å². The molecule has 0 saturated carbocycles. The Morgan fingerprint density at radius 2 is 1.03 bits per heavy atom. The molecule has 1 fully saturated rings. The minimum Gasteiger partial charge on any atom is -0.291 e. The Labute approximate surface area is 191 Å². The number of piperazine rings is 1. The third-order valence-corrected chi connectivity index (χ3v) is 6.55. The van der Waals surface area contributed by atoms with E-state index in [1.54, 1.807) is 0 Å². The summed E-state index contributed by atoms with van der Waals surface area (Å²) >= 11 is 0. The number of benzene rings is 2. The standard InChI is InChI=1S/C22H30N2O6S2/c1-31(25,26)29-17-21-22(18-30-32(2,27)28)24(16-20-11-7-4-8-12-20)14-13-23(21)15-19-9-5-3-6-10-19/h3-12,21-22H,13-18H2,1-2H3/t21-,22+. The highest BCUT2D eigenvalue weighted by molar-refractivity contribution is 7.86. The van der Waals surface area contributed by atoms with Gasteiger partial charge in [-0.05, 0) is 11.1 Å². The minimum absolute atomic E-state index is 0.0885. The van der Waals surface area contributed by atoms with Gasteiger partial charge in [-0.3, -0.25) is 18.2 Å². The van der Waals surface area contributed by atoms with Crippen LogP contribution in [0.15, 0.2) is 60.7 Å². The van der Waals surface area contributed by atoms with Gasteiger partial charge in [0.2, 0.25) is 0 Å². The molecule has 10 heteroatoms. The third kappa shape index (κ3) is 7.95. The molecule has 0 aromatic heterocycles. The predicted octanol–water partition coefficient (Wildman–Crippen LogP) is 1.69. The van der Waals surface area contributed by atoms with Crippen molar-refractivity contribution in [1.29, 1.82) is 0 Å². The first kappa shape index (κ1) is 24.8. The highest BCUT2D eigenvalue weighted by atomic mass is 32.2. The monoisotopic (exact) mass is 482 g/mol. The number of rotatable bonds is 10. The summed E-state index contributed by atoms with van der Waals surface area (Å²) in [6, 6.07) is 18.9. The zero-order valence-corrected chi connectivity index (χ0v) is 20.0. The van der Waals surface area contributed by atoms with E-state index in [1.807, 2.05) is 60.7 Å². The first-order chi connectivity index (χ1) is 15.1. The first-order valence-electron chi connectivity index (χ1n) is 10.4. The van der Waals surface area contributed by atoms with Gasteiger partial charge in [0.1, 0.15) is 0 Å². The molecule has 1 aliphatic rings. The summed E-state index contributed by atoms with van der Waals surface area (Å²) < 4.78 is 57.4. The van der Waals surface area contributed by atoms with Gasteiger partial charge >= 0.3 is 0 Å². The van der Waals surface area contributed by atoms with Gasteiger partial charge in [-0.2, -0.15) is 16.8 Å². The molecular formula is C22H30N2O6S2. The quantitative estimate of drug-likeness (QED) is 0.473. The van der Waals surface area contributed by atoms with Gasteiger partial charge in [-0.25, -0.2) is 0 Å². The highest BCUT2D eigenvalue weighted by Crippen LogP contribution is 2.24. The molecule has 1 heterocycles. The summed E-state index contributed by atoms with van der Waals surface area (Å²) in [6.45, 7) is 2.35. The van der Waals surface area contributed by atoms with Crippen LogP contribution in [-0.2, 0) is 41.7 Å². The van der Waals surface area contributed by atoms with Crippen molar-refractivity contribution >= 4 is 20.2 Å². The van der Waals surface area contributed by atoms with E-state index < -0.39 is 20.2 Å². The lowest BCUT2D eigenvalue weighted by Gasteiger charge is -2.47. The number of hydrogen-bond donors (Lipinski definition) is 0. The average Bonchev–Trinajstić information content (AvgIpc) is 2.73. The first-order valence-corrected chi connectivity index (χ1v) is 14.0. The number of nitrogens with zero attached hydrogens (tertiary/aromatic N) is 2. The van der Waals surface area contributed by atoms with Crippen molar-refractivity contribution in [2.45, 2.75) is 25.2 Å². The van der Waals surface area contributed by atoms with Gasteiger partial charge in [-0.15, -0.1) is 0 Å². The van der Waals surface area contributed by atoms with Crippen molar-refractivity contribution in [3.05, 3.63) is 71.8 Å². The van der Waals surface area contributed by atoms with E-state index in [9.17, 15) is 16.8 Å². The summed E-state index contributed by atoms with van der Waals surface area (Å²) in [4.78, 5) is 4.27. The van der Waals surface area contributed by atoms with Crippen molar-refractivity contribution in [2.75, 3.05) is 38.8 Å². The second-order valence-corrected chi connectivity index (χ2v) is 11.3. The average molecular weight is 483 g/mol. The van der Waals surface area contributed by atoms with E-state index >= 15 is 0 Å². The van der Waals surface area contributed by atoms with E-state index in [1.165, 1.54) is 0 Å². The molecule has 8 nitrogen and oxygen atoms in total. The molecule has 0 N–H and O–H groups in total. The molecule has 2 atom stereocenters. The molecule has 0 bridgehead atoms. The van der Waals surface area contributed by atoms with Crippen LogP contribution in [0.4, 0.5) is 0 Å². The topological polar surface area (TPSA) is 93.2 Å². The summed E-state index contributed by atoms with van der Waals surface area (Å²) in [5.41, 5.74) is 2.16. The maximum absolute atomic E-state index is 11.8. The van der Waals surface area contributed by atoms with Crippen LogP contribution in [0.25, 0.3) is 0 Å². The van der Waals surface area contributed by atoms with Crippen LogP contribution in [0.3, 0.4) is 0 Å². The molecule has 0 aliphatic carbocycles. The lowest BCUT2D eigenvalue weighted by atomic mass is 10.0.